The summed E-state index contributed by atoms with van der Waals surface area (Å²) in [7, 11) is 0. The summed E-state index contributed by atoms with van der Waals surface area (Å²) in [5.74, 6) is 0. The molecule has 0 unspecified atom stereocenters. The topological polar surface area (TPSA) is 12.9 Å². The lowest BCUT2D eigenvalue weighted by Gasteiger charge is -2.03. The average Bonchev–Trinajstić information content (AvgIpc) is 2.37. The van der Waals surface area contributed by atoms with Gasteiger partial charge in [0, 0.05) is 17.2 Å². The molecule has 0 saturated heterocycles. The molecule has 14 heavy (non-hydrogen) atoms. The molecule has 2 rings (SSSR count). The number of hydrogen-bond acceptors (Lipinski definition) is 1. The number of hydrogen-bond donors (Lipinski definition) is 0. The first-order chi connectivity index (χ1) is 8.93. The Balaban J connectivity index is 2.61. The Bertz CT molecular complexity index is 578. The Kier molecular flexibility index (Phi) is 1.23. The van der Waals surface area contributed by atoms with Crippen LogP contribution in [0, 0.1) is 13.8 Å². The Morgan fingerprint density at radius 1 is 1.29 bits per heavy atom. The van der Waals surface area contributed by atoms with E-state index in [-0.39, 0.29) is 18.5 Å². The summed E-state index contributed by atoms with van der Waals surface area (Å²) in [5.41, 5.74) is 1.65. The van der Waals surface area contributed by atoms with Crippen molar-refractivity contribution in [2.24, 2.45) is 0 Å². The zero-order valence-corrected chi connectivity index (χ0v) is 7.62. The van der Waals surface area contributed by atoms with E-state index in [0.29, 0.717) is 16.8 Å². The molecule has 0 amide bonds. The minimum absolute atomic E-state index is 0.0396. The molecule has 1 nitrogen and oxygen atoms in total. The van der Waals surface area contributed by atoms with E-state index < -0.39 is 6.85 Å². The average molecular weight is 188 g/mol. The smallest absolute Gasteiger partial charge is 0.0702 e. The maximum absolute atomic E-state index is 7.89. The van der Waals surface area contributed by atoms with Crippen molar-refractivity contribution in [1.29, 1.82) is 0 Å². The fourth-order valence-electron chi connectivity index (χ4n) is 1.23. The summed E-state index contributed by atoms with van der Waals surface area (Å²) in [6.45, 7) is -2.53. The van der Waals surface area contributed by atoms with E-state index in [4.69, 9.17) is 6.85 Å². The SMILES string of the molecule is [2H]Cc1cc(-c2ccccn2)cc([2H])c1C([2H])([2H])[2H]. The van der Waals surface area contributed by atoms with Crippen LogP contribution < -0.4 is 0 Å². The Labute approximate surface area is 91.5 Å². The number of nitrogens with zero attached hydrogens (tertiary/aromatic N) is 1. The molecule has 0 N–H and O–H groups in total. The molecule has 0 fully saturated rings. The van der Waals surface area contributed by atoms with Gasteiger partial charge in [-0.2, -0.15) is 0 Å². The van der Waals surface area contributed by atoms with Crippen molar-refractivity contribution in [3.8, 4) is 11.3 Å². The van der Waals surface area contributed by atoms with Crippen LogP contribution in [0.3, 0.4) is 0 Å². The Hall–Kier alpha value is -1.63. The van der Waals surface area contributed by atoms with Crippen LogP contribution in [0.1, 0.15) is 18.0 Å². The summed E-state index contributed by atoms with van der Waals surface area (Å²) in [6.07, 6.45) is 1.64. The normalized spacial score (nSPS) is 16.1. The van der Waals surface area contributed by atoms with Crippen molar-refractivity contribution < 1.29 is 6.85 Å². The molecule has 0 aliphatic carbocycles. The first kappa shape index (κ1) is 4.74. The summed E-state index contributed by atoms with van der Waals surface area (Å²) < 4.78 is 37.7. The zero-order chi connectivity index (χ0) is 14.0. The second kappa shape index (κ2) is 3.62. The second-order valence-electron chi connectivity index (χ2n) is 3.00. The van der Waals surface area contributed by atoms with Crippen molar-refractivity contribution in [1.82, 2.24) is 4.98 Å². The molecule has 0 aliphatic rings. The third-order valence-electron chi connectivity index (χ3n) is 1.98. The van der Waals surface area contributed by atoms with Crippen molar-refractivity contribution in [3.63, 3.8) is 0 Å². The molecule has 0 aliphatic heterocycles. The van der Waals surface area contributed by atoms with Gasteiger partial charge in [-0.15, -0.1) is 0 Å². The van der Waals surface area contributed by atoms with E-state index in [1.807, 2.05) is 6.07 Å². The van der Waals surface area contributed by atoms with Crippen LogP contribution in [-0.4, -0.2) is 4.98 Å². The third-order valence-corrected chi connectivity index (χ3v) is 1.98. The molecule has 0 spiro atoms. The number of aromatic nitrogens is 1. The first-order valence-electron chi connectivity index (χ1n) is 6.99. The molecule has 0 atom stereocenters. The second-order valence-corrected chi connectivity index (χ2v) is 3.00. The Morgan fingerprint density at radius 3 is 3.00 bits per heavy atom. The van der Waals surface area contributed by atoms with Gasteiger partial charge in [0.25, 0.3) is 0 Å². The quantitative estimate of drug-likeness (QED) is 0.668. The van der Waals surface area contributed by atoms with Crippen LogP contribution in [0.15, 0.2) is 42.6 Å². The fraction of sp³-hybridized carbons (Fsp3) is 0.154. The molecule has 0 radical (unpaired) electrons. The van der Waals surface area contributed by atoms with E-state index in [1.54, 1.807) is 24.4 Å². The number of pyridine rings is 1. The number of aryl methyl sites for hydroxylation is 1. The fourth-order valence-corrected chi connectivity index (χ4v) is 1.23. The van der Waals surface area contributed by atoms with E-state index >= 15 is 0 Å². The van der Waals surface area contributed by atoms with Gasteiger partial charge in [-0.3, -0.25) is 4.98 Å². The third kappa shape index (κ3) is 1.67. The van der Waals surface area contributed by atoms with E-state index in [2.05, 4.69) is 4.98 Å². The molecular weight excluding hydrogens is 170 g/mol. The van der Waals surface area contributed by atoms with Crippen LogP contribution in [-0.2, 0) is 0 Å². The highest BCUT2D eigenvalue weighted by Crippen LogP contribution is 2.19. The van der Waals surface area contributed by atoms with Gasteiger partial charge in [-0.25, -0.2) is 0 Å². The minimum Gasteiger partial charge on any atom is -0.256 e. The van der Waals surface area contributed by atoms with Gasteiger partial charge >= 0.3 is 0 Å². The van der Waals surface area contributed by atoms with Gasteiger partial charge in [-0.1, -0.05) is 18.2 Å². The van der Waals surface area contributed by atoms with Crippen LogP contribution in [0.4, 0.5) is 0 Å². The van der Waals surface area contributed by atoms with Crippen LogP contribution in [0.2, 0.25) is 0 Å². The number of rotatable bonds is 1. The maximum atomic E-state index is 7.89. The maximum Gasteiger partial charge on any atom is 0.0702 e. The summed E-state index contributed by atoms with van der Waals surface area (Å²) in [6, 6.07) is 8.46. The molecule has 0 bridgehead atoms. The molecule has 1 heteroatoms. The highest BCUT2D eigenvalue weighted by molar-refractivity contribution is 5.60. The largest absolute Gasteiger partial charge is 0.256 e. The highest BCUT2D eigenvalue weighted by Gasteiger charge is 1.99. The molecule has 70 valence electrons. The predicted octanol–water partition coefficient (Wildman–Crippen LogP) is 3.37. The monoisotopic (exact) mass is 188 g/mol. The van der Waals surface area contributed by atoms with E-state index in [0.717, 1.165) is 0 Å². The first-order valence-corrected chi connectivity index (χ1v) is 4.28. The lowest BCUT2D eigenvalue weighted by molar-refractivity contribution is 1.29. The van der Waals surface area contributed by atoms with Gasteiger partial charge in [0.1, 0.15) is 0 Å². The summed E-state index contributed by atoms with van der Waals surface area (Å²) in [4.78, 5) is 4.17. The molecule has 2 aromatic rings. The van der Waals surface area contributed by atoms with Gasteiger partial charge < -0.3 is 0 Å². The highest BCUT2D eigenvalue weighted by atomic mass is 14.7. The lowest BCUT2D eigenvalue weighted by atomic mass is 10.0. The van der Waals surface area contributed by atoms with Gasteiger partial charge in [-0.05, 0) is 43.1 Å². The Morgan fingerprint density at radius 2 is 2.29 bits per heavy atom. The van der Waals surface area contributed by atoms with Crippen molar-refractivity contribution >= 4 is 0 Å². The molecule has 0 saturated carbocycles. The van der Waals surface area contributed by atoms with Gasteiger partial charge in [0.15, 0.2) is 0 Å². The summed E-state index contributed by atoms with van der Waals surface area (Å²) >= 11 is 0. The van der Waals surface area contributed by atoms with Crippen molar-refractivity contribution in [3.05, 3.63) is 53.7 Å². The zero-order valence-electron chi connectivity index (χ0n) is 12.6. The van der Waals surface area contributed by atoms with Crippen LogP contribution in [0.25, 0.3) is 11.3 Å². The van der Waals surface area contributed by atoms with Crippen molar-refractivity contribution in [2.45, 2.75) is 13.8 Å². The predicted molar refractivity (Wildman–Crippen MR) is 59.1 cm³/mol. The van der Waals surface area contributed by atoms with Gasteiger partial charge in [0.05, 0.1) is 7.06 Å². The van der Waals surface area contributed by atoms with Crippen LogP contribution >= 0.6 is 0 Å². The van der Waals surface area contributed by atoms with E-state index in [9.17, 15) is 0 Å². The molecular formula is C13H13N. The molecule has 1 aromatic carbocycles. The van der Waals surface area contributed by atoms with Gasteiger partial charge in [0.2, 0.25) is 0 Å². The van der Waals surface area contributed by atoms with Crippen LogP contribution in [0.5, 0.6) is 0 Å². The standard InChI is InChI=1S/C13H13N/c1-10-6-7-12(9-11(10)2)13-5-3-4-8-14-13/h3-9H,1-2H3/i1D3,2D,6D. The summed E-state index contributed by atoms with van der Waals surface area (Å²) in [5, 5.41) is 0. The lowest BCUT2D eigenvalue weighted by Crippen LogP contribution is -1.85. The van der Waals surface area contributed by atoms with E-state index in [1.165, 1.54) is 6.07 Å². The molecule has 1 aromatic heterocycles. The molecule has 1 heterocycles. The van der Waals surface area contributed by atoms with Crippen molar-refractivity contribution in [2.75, 3.05) is 0 Å². The number of benzene rings is 1. The minimum atomic E-state index is -2.36.